The minimum atomic E-state index is -0.984. The van der Waals surface area contributed by atoms with Gasteiger partial charge in [0.2, 0.25) is 0 Å². The Balaban J connectivity index is 1.81. The highest BCUT2D eigenvalue weighted by Gasteiger charge is 2.28. The smallest absolute Gasteiger partial charge is 0.196 e. The fraction of sp³-hybridized carbons (Fsp3) is 0. The monoisotopic (exact) mass is 693 g/mol. The van der Waals surface area contributed by atoms with Gasteiger partial charge in [-0.3, -0.25) is 0 Å². The third-order valence-corrected chi connectivity index (χ3v) is 9.83. The molecule has 0 fully saturated rings. The zero-order chi connectivity index (χ0) is 22.6. The molecule has 160 valence electrons. The van der Waals surface area contributed by atoms with Crippen LogP contribution in [-0.2, 0) is 0 Å². The molecular weight excluding hydrogens is 682 g/mol. The quantitative estimate of drug-likeness (QED) is 0.103. The van der Waals surface area contributed by atoms with Crippen LogP contribution in [0.1, 0.15) is 0 Å². The average Bonchev–Trinajstić information content (AvgIpc) is 3.06. The maximum absolute atomic E-state index is 14.5. The zero-order valence-corrected chi connectivity index (χ0v) is 21.9. The Bertz CT molecular complexity index is 1470. The highest BCUT2D eigenvalue weighted by atomic mass is 127. The number of fused-ring (bicyclic) bond motifs is 3. The summed E-state index contributed by atoms with van der Waals surface area (Å²) in [4.78, 5) is 1.49. The van der Waals surface area contributed by atoms with E-state index in [0.717, 1.165) is 57.3 Å². The van der Waals surface area contributed by atoms with Crippen molar-refractivity contribution in [2.75, 3.05) is 0 Å². The minimum absolute atomic E-state index is 0.407. The van der Waals surface area contributed by atoms with Gasteiger partial charge in [0.1, 0.15) is 0 Å². The summed E-state index contributed by atoms with van der Waals surface area (Å²) in [5.41, 5.74) is 0. The molecule has 1 heterocycles. The number of thiophene rings is 1. The second kappa shape index (κ2) is 8.77. The lowest BCUT2D eigenvalue weighted by molar-refractivity contribution is 0.505. The number of hydrogen-bond donors (Lipinski definition) is 0. The Kier molecular flexibility index (Phi) is 6.14. The van der Waals surface area contributed by atoms with Crippen molar-refractivity contribution < 1.29 is 17.6 Å². The summed E-state index contributed by atoms with van der Waals surface area (Å²) in [6.45, 7) is 0. The first-order valence-corrected chi connectivity index (χ1v) is 13.5. The van der Waals surface area contributed by atoms with Crippen molar-refractivity contribution in [1.82, 2.24) is 0 Å². The van der Waals surface area contributed by atoms with E-state index in [-0.39, 0.29) is 0 Å². The normalized spacial score (nSPS) is 11.6. The van der Waals surface area contributed by atoms with Gasteiger partial charge in [-0.15, -0.1) is 0 Å². The molecule has 0 nitrogen and oxygen atoms in total. The molecule has 0 atom stereocenters. The van der Waals surface area contributed by atoms with Crippen molar-refractivity contribution in [3.8, 4) is 4.90 Å². The summed E-state index contributed by atoms with van der Waals surface area (Å²) in [6.07, 6.45) is 0. The minimum Gasteiger partial charge on any atom is -0.204 e. The molecule has 0 spiro atoms. The molecular formula is C24H11F4I2S2+. The maximum atomic E-state index is 14.5. The lowest BCUT2D eigenvalue weighted by Crippen LogP contribution is -1.89. The van der Waals surface area contributed by atoms with Crippen molar-refractivity contribution in [2.24, 2.45) is 0 Å². The van der Waals surface area contributed by atoms with E-state index < -0.39 is 33.7 Å². The molecule has 5 rings (SSSR count). The van der Waals surface area contributed by atoms with Gasteiger partial charge in [-0.2, -0.15) is 0 Å². The summed E-state index contributed by atoms with van der Waals surface area (Å²) in [7, 11) is -0.673. The van der Waals surface area contributed by atoms with E-state index in [9.17, 15) is 17.6 Å². The standard InChI is InChI=1S/C24H11F4I2S2/c25-17-4-3-14(9-18(17)26)31-21-10-19(27)20(28)11-24(21)32-22-5-1-12(29)7-15(22)16-8-13(30)2-6-23(16)32/h1-11H/q+1. The van der Waals surface area contributed by atoms with Crippen LogP contribution in [0.5, 0.6) is 0 Å². The van der Waals surface area contributed by atoms with Gasteiger partial charge >= 0.3 is 0 Å². The van der Waals surface area contributed by atoms with Crippen LogP contribution in [0.15, 0.2) is 76.5 Å². The third-order valence-electron chi connectivity index (χ3n) is 4.94. The lowest BCUT2D eigenvalue weighted by Gasteiger charge is -2.06. The Morgan fingerprint density at radius 3 is 1.75 bits per heavy atom. The van der Waals surface area contributed by atoms with Gasteiger partial charge in [0.05, 0.1) is 4.90 Å². The number of halogens is 6. The number of hydrogen-bond acceptors (Lipinski definition) is 1. The molecule has 8 heteroatoms. The third kappa shape index (κ3) is 4.03. The Morgan fingerprint density at radius 1 is 0.594 bits per heavy atom. The molecule has 0 aliphatic heterocycles. The van der Waals surface area contributed by atoms with E-state index >= 15 is 0 Å². The summed E-state index contributed by atoms with van der Waals surface area (Å²) >= 11 is 5.61. The molecule has 0 saturated heterocycles. The Labute approximate surface area is 215 Å². The second-order valence-corrected chi connectivity index (χ2v) is 12.5. The molecule has 0 aliphatic carbocycles. The van der Waals surface area contributed by atoms with E-state index in [1.54, 1.807) is 0 Å². The highest BCUT2D eigenvalue weighted by Crippen LogP contribution is 2.52. The first-order valence-electron chi connectivity index (χ1n) is 9.27. The topological polar surface area (TPSA) is 0 Å². The molecule has 0 saturated carbocycles. The van der Waals surface area contributed by atoms with Crippen LogP contribution >= 0.6 is 67.4 Å². The number of rotatable bonds is 3. The van der Waals surface area contributed by atoms with Crippen LogP contribution in [-0.4, -0.2) is 0 Å². The van der Waals surface area contributed by atoms with Gasteiger partial charge in [0.25, 0.3) is 0 Å². The van der Waals surface area contributed by atoms with Crippen molar-refractivity contribution in [2.45, 2.75) is 9.79 Å². The van der Waals surface area contributed by atoms with Crippen LogP contribution in [0, 0.1) is 30.4 Å². The average molecular weight is 693 g/mol. The van der Waals surface area contributed by atoms with Gasteiger partial charge in [-0.25, -0.2) is 17.6 Å². The van der Waals surface area contributed by atoms with E-state index in [4.69, 9.17) is 0 Å². The summed E-state index contributed by atoms with van der Waals surface area (Å²) in [6, 6.07) is 18.1. The van der Waals surface area contributed by atoms with E-state index in [0.29, 0.717) is 14.7 Å². The van der Waals surface area contributed by atoms with Gasteiger partial charge in [-0.05, 0) is 106 Å². The van der Waals surface area contributed by atoms with Crippen molar-refractivity contribution in [3.05, 3.63) is 97.1 Å². The molecule has 1 aromatic heterocycles. The molecule has 0 unspecified atom stereocenters. The SMILES string of the molecule is Fc1ccc(Sc2cc(F)c(F)cc2-[s+]2c3ccc(I)cc3c3cc(I)ccc32)cc1F. The van der Waals surface area contributed by atoms with Gasteiger partial charge in [-0.1, -0.05) is 11.8 Å². The Morgan fingerprint density at radius 2 is 1.16 bits per heavy atom. The number of benzene rings is 4. The van der Waals surface area contributed by atoms with Crippen LogP contribution in [0.25, 0.3) is 25.1 Å². The molecule has 32 heavy (non-hydrogen) atoms. The molecule has 0 amide bonds. The second-order valence-electron chi connectivity index (χ2n) is 6.98. The molecule has 0 bridgehead atoms. The van der Waals surface area contributed by atoms with Crippen molar-refractivity contribution in [1.29, 1.82) is 0 Å². The molecule has 0 N–H and O–H groups in total. The predicted molar refractivity (Wildman–Crippen MR) is 141 cm³/mol. The zero-order valence-electron chi connectivity index (χ0n) is 15.9. The predicted octanol–water partition coefficient (Wildman–Crippen LogP) is 9.65. The molecule has 0 radical (unpaired) electrons. The molecule has 5 aromatic rings. The van der Waals surface area contributed by atoms with E-state index in [1.165, 1.54) is 12.1 Å². The Hall–Kier alpha value is -1.37. The van der Waals surface area contributed by atoms with Crippen LogP contribution in [0.4, 0.5) is 17.6 Å². The summed E-state index contributed by atoms with van der Waals surface area (Å²) in [5.74, 6) is -3.85. The fourth-order valence-corrected chi connectivity index (χ4v) is 8.16. The van der Waals surface area contributed by atoms with Crippen molar-refractivity contribution >= 4 is 87.6 Å². The lowest BCUT2D eigenvalue weighted by atomic mass is 10.2. The maximum Gasteiger partial charge on any atom is 0.196 e. The first-order chi connectivity index (χ1) is 15.3. The van der Waals surface area contributed by atoms with Gasteiger partial charge in [0, 0.05) is 39.3 Å². The van der Waals surface area contributed by atoms with Gasteiger partial charge < -0.3 is 0 Å². The van der Waals surface area contributed by atoms with E-state index in [1.807, 2.05) is 24.3 Å². The largest absolute Gasteiger partial charge is 0.204 e. The van der Waals surface area contributed by atoms with E-state index in [2.05, 4.69) is 57.3 Å². The molecule has 0 aliphatic rings. The van der Waals surface area contributed by atoms with Crippen LogP contribution in [0.2, 0.25) is 0 Å². The summed E-state index contributed by atoms with van der Waals surface area (Å²) < 4.78 is 60.1. The summed E-state index contributed by atoms with van der Waals surface area (Å²) in [5, 5.41) is 2.14. The fourth-order valence-electron chi connectivity index (χ4n) is 3.55. The highest BCUT2D eigenvalue weighted by molar-refractivity contribution is 14.1. The first kappa shape index (κ1) is 22.4. The van der Waals surface area contributed by atoms with Gasteiger partial charge in [0.15, 0.2) is 37.6 Å². The molecule has 4 aromatic carbocycles. The van der Waals surface area contributed by atoms with Crippen molar-refractivity contribution in [3.63, 3.8) is 0 Å². The van der Waals surface area contributed by atoms with Crippen LogP contribution in [0.3, 0.4) is 0 Å². The van der Waals surface area contributed by atoms with Crippen LogP contribution < -0.4 is 0 Å².